The number of benzene rings is 2. The zero-order chi connectivity index (χ0) is 42.8. The third-order valence-electron chi connectivity index (χ3n) is 13.2. The summed E-state index contributed by atoms with van der Waals surface area (Å²) in [6, 6.07) is 15.4. The number of dihydropyridines is 1. The van der Waals surface area contributed by atoms with E-state index < -0.39 is 41.5 Å². The fourth-order valence-electron chi connectivity index (χ4n) is 9.96. The number of carbonyl (C=O) groups excluding carboxylic acids is 2. The van der Waals surface area contributed by atoms with E-state index in [0.29, 0.717) is 44.0 Å². The van der Waals surface area contributed by atoms with Crippen LogP contribution in [0.15, 0.2) is 78.3 Å². The molecule has 2 heterocycles. The number of allylic oxidation sites excluding steroid dienone is 2. The van der Waals surface area contributed by atoms with Gasteiger partial charge in [0.1, 0.15) is 0 Å². The molecule has 0 bridgehead atoms. The minimum absolute atomic E-state index is 0.0332. The quantitative estimate of drug-likeness (QED) is 0.0485. The number of phenolic OH excluding ortho intramolecular Hbond substituents is 1. The number of phenols is 1. The predicted molar refractivity (Wildman–Crippen MR) is 234 cm³/mol. The molecule has 0 unspecified atom stereocenters. The van der Waals surface area contributed by atoms with E-state index in [1.54, 1.807) is 12.1 Å². The molecule has 3 aliphatic rings. The van der Waals surface area contributed by atoms with Crippen LogP contribution in [-0.4, -0.2) is 69.4 Å². The Morgan fingerprint density at radius 3 is 2.55 bits per heavy atom. The molecule has 322 valence electrons. The molecule has 0 saturated heterocycles. The number of unbranched alkanes of at least 4 members (excludes halogenated alkanes) is 1. The first-order valence-electron chi connectivity index (χ1n) is 22.1. The molecule has 1 saturated carbocycles. The number of ether oxygens (including phenoxy) is 1. The number of aliphatic hydroxyl groups is 3. The number of aromatic hydroxyl groups is 1. The lowest BCUT2D eigenvalue weighted by Gasteiger charge is -2.33. The molecule has 10 heteroatoms. The lowest BCUT2D eigenvalue weighted by Crippen LogP contribution is -2.40. The summed E-state index contributed by atoms with van der Waals surface area (Å²) in [6.45, 7) is 5.12. The van der Waals surface area contributed by atoms with E-state index in [2.05, 4.69) is 48.1 Å². The molecule has 1 aliphatic heterocycles. The molecule has 0 spiro atoms. The largest absolute Gasteiger partial charge is 0.504 e. The summed E-state index contributed by atoms with van der Waals surface area (Å²) in [5.41, 5.74) is 11.9. The Hall–Kier alpha value is -4.82. The average Bonchev–Trinajstić information content (AvgIpc) is 3.63. The van der Waals surface area contributed by atoms with E-state index in [4.69, 9.17) is 10.5 Å². The van der Waals surface area contributed by atoms with Crippen LogP contribution in [0.1, 0.15) is 118 Å². The van der Waals surface area contributed by atoms with Crippen molar-refractivity contribution in [2.75, 3.05) is 20.3 Å². The van der Waals surface area contributed by atoms with E-state index in [1.807, 2.05) is 42.6 Å². The molecule has 8 N–H and O–H groups in total. The molecule has 1 fully saturated rings. The van der Waals surface area contributed by atoms with Gasteiger partial charge in [-0.15, -0.1) is 0 Å². The zero-order valence-electron chi connectivity index (χ0n) is 35.5. The number of Topliss-reactive ketones (excluding diaryl/α,β-unsaturated/α-hetero) is 2. The highest BCUT2D eigenvalue weighted by atomic mass is 16.5. The normalized spacial score (nSPS) is 25.0. The van der Waals surface area contributed by atoms with Gasteiger partial charge in [0.05, 0.1) is 25.0 Å². The van der Waals surface area contributed by atoms with E-state index in [1.165, 1.54) is 12.7 Å². The summed E-state index contributed by atoms with van der Waals surface area (Å²) in [6.07, 6.45) is 10.9. The number of H-pyrrole nitrogens is 1. The average molecular weight is 820 g/mol. The van der Waals surface area contributed by atoms with Gasteiger partial charge < -0.3 is 41.2 Å². The number of aliphatic hydroxyl groups excluding tert-OH is 3. The third-order valence-corrected chi connectivity index (χ3v) is 13.2. The van der Waals surface area contributed by atoms with Crippen molar-refractivity contribution in [2.24, 2.45) is 35.3 Å². The number of aryl methyl sites for hydroxylation is 1. The van der Waals surface area contributed by atoms with Crippen molar-refractivity contribution < 1.29 is 34.8 Å². The Bertz CT molecular complexity index is 2040. The van der Waals surface area contributed by atoms with Crippen LogP contribution < -0.4 is 15.8 Å². The van der Waals surface area contributed by atoms with Gasteiger partial charge in [-0.05, 0) is 127 Å². The Morgan fingerprint density at radius 1 is 1.02 bits per heavy atom. The van der Waals surface area contributed by atoms with Crippen molar-refractivity contribution in [1.82, 2.24) is 10.3 Å². The summed E-state index contributed by atoms with van der Waals surface area (Å²) >= 11 is 0. The highest BCUT2D eigenvalue weighted by Gasteiger charge is 2.43. The Labute approximate surface area is 355 Å². The minimum atomic E-state index is -1.80. The maximum Gasteiger partial charge on any atom is 0.173 e. The summed E-state index contributed by atoms with van der Waals surface area (Å²) in [7, 11) is 1.48. The van der Waals surface area contributed by atoms with Crippen LogP contribution in [0, 0.1) is 41.4 Å². The zero-order valence-corrected chi connectivity index (χ0v) is 35.5. The Morgan fingerprint density at radius 2 is 1.82 bits per heavy atom. The molecule has 1 aromatic heterocycles. The number of carbonyl (C=O) groups is 2. The van der Waals surface area contributed by atoms with E-state index in [0.717, 1.165) is 66.5 Å². The lowest BCUT2D eigenvalue weighted by atomic mass is 9.73. The molecule has 10 nitrogen and oxygen atoms in total. The van der Waals surface area contributed by atoms with Crippen molar-refractivity contribution in [3.63, 3.8) is 0 Å². The molecule has 0 amide bonds. The summed E-state index contributed by atoms with van der Waals surface area (Å²) in [4.78, 5) is 31.9. The van der Waals surface area contributed by atoms with Gasteiger partial charge in [-0.2, -0.15) is 0 Å². The fraction of sp³-hybridized carbons (Fsp3) is 0.520. The van der Waals surface area contributed by atoms with Gasteiger partial charge in [-0.25, -0.2) is 0 Å². The van der Waals surface area contributed by atoms with E-state index in [-0.39, 0.29) is 48.7 Å². The standard InChI is InChI=1S/C50H65N3O7/c1-4-10-41(45(56)28-39-25-38(30-53-39)31(2)11-8-9-20-54)37-23-33(21-32-18-19-52-48(51)24-32)22-35-14-16-40(34-12-6-5-7-13-34)42-29-46(57)47(60-3)27-36(42)15-17-44(55)50(59)49(58)43(35)26-37/h5-7,12-13,18,24-25,27,29-31,33,35,37,40-41,43,45,50,52-54,56-57,59H,4,8-11,15,17,19-23,26,28,51H2,1-3H3/t31-,33+,35-,37-,40-,41+,43+,45-,50+/m1/s1. The number of aromatic amines is 1. The number of nitrogens with two attached hydrogens (primary N) is 1. The SMILES string of the molecule is CCC[C@@H]([C@@H]1C[C@@H](CC2=CCNC(N)=C2)C[C@H]2C#C[C@H](c3ccccc3)c3cc(O)c(OC)cc3CCC(=O)[C@H](O)C(=O)[C@H]2C1)[C@H](O)Cc1cc([C@H](C)CCCCO)c[nH]1. The third kappa shape index (κ3) is 11.1. The van der Waals surface area contributed by atoms with Crippen LogP contribution in [0.25, 0.3) is 0 Å². The van der Waals surface area contributed by atoms with Crippen LogP contribution in [0.4, 0.5) is 0 Å². The second-order valence-corrected chi connectivity index (χ2v) is 17.4. The van der Waals surface area contributed by atoms with E-state index >= 15 is 0 Å². The maximum atomic E-state index is 14.7. The summed E-state index contributed by atoms with van der Waals surface area (Å²) in [5.74, 6) is 5.44. The first-order valence-corrected chi connectivity index (χ1v) is 22.1. The van der Waals surface area contributed by atoms with Crippen molar-refractivity contribution >= 4 is 11.6 Å². The fourth-order valence-corrected chi connectivity index (χ4v) is 9.96. The Kier molecular flexibility index (Phi) is 15.7. The predicted octanol–water partition coefficient (Wildman–Crippen LogP) is 6.96. The number of rotatable bonds is 15. The number of fused-ring (bicyclic) bond motifs is 2. The lowest BCUT2D eigenvalue weighted by molar-refractivity contribution is -0.142. The van der Waals surface area contributed by atoms with Crippen LogP contribution in [0.3, 0.4) is 0 Å². The van der Waals surface area contributed by atoms with Crippen molar-refractivity contribution in [3.05, 3.63) is 106 Å². The summed E-state index contributed by atoms with van der Waals surface area (Å²) < 4.78 is 5.46. The van der Waals surface area contributed by atoms with Crippen LogP contribution in [-0.2, 0) is 22.4 Å². The monoisotopic (exact) mass is 819 g/mol. The minimum Gasteiger partial charge on any atom is -0.504 e. The number of hydrogen-bond acceptors (Lipinski definition) is 9. The second kappa shape index (κ2) is 21.1. The van der Waals surface area contributed by atoms with Gasteiger partial charge in [0, 0.05) is 49.7 Å². The molecule has 6 rings (SSSR count). The van der Waals surface area contributed by atoms with Crippen LogP contribution in [0.5, 0.6) is 11.5 Å². The number of aromatic nitrogens is 1. The first-order chi connectivity index (χ1) is 29.0. The maximum absolute atomic E-state index is 14.7. The van der Waals surface area contributed by atoms with E-state index in [9.17, 15) is 30.0 Å². The molecule has 9 atom stereocenters. The Balaban J connectivity index is 1.41. The highest BCUT2D eigenvalue weighted by molar-refractivity contribution is 6.06. The van der Waals surface area contributed by atoms with Gasteiger partial charge in [-0.1, -0.05) is 74.9 Å². The van der Waals surface area contributed by atoms with Gasteiger partial charge in [-0.3, -0.25) is 9.59 Å². The number of nitrogens with one attached hydrogen (secondary N) is 2. The number of methoxy groups -OCH3 is 1. The van der Waals surface area contributed by atoms with Gasteiger partial charge in [0.2, 0.25) is 0 Å². The molecular formula is C50H65N3O7. The molecule has 2 aliphatic carbocycles. The van der Waals surface area contributed by atoms with Gasteiger partial charge in [0.25, 0.3) is 0 Å². The van der Waals surface area contributed by atoms with Crippen molar-refractivity contribution in [3.8, 4) is 23.3 Å². The molecule has 2 aromatic carbocycles. The first kappa shape index (κ1) is 44.7. The molecule has 60 heavy (non-hydrogen) atoms. The van der Waals surface area contributed by atoms with Gasteiger partial charge >= 0.3 is 0 Å². The smallest absolute Gasteiger partial charge is 0.173 e. The van der Waals surface area contributed by atoms with Crippen LogP contribution >= 0.6 is 0 Å². The van der Waals surface area contributed by atoms with Crippen molar-refractivity contribution in [1.29, 1.82) is 0 Å². The van der Waals surface area contributed by atoms with Gasteiger partial charge in [0.15, 0.2) is 29.2 Å². The van der Waals surface area contributed by atoms with Crippen molar-refractivity contribution in [2.45, 2.75) is 115 Å². The molecule has 0 radical (unpaired) electrons. The molecule has 3 aromatic rings. The summed E-state index contributed by atoms with van der Waals surface area (Å²) in [5, 5.41) is 47.2. The number of hydrogen-bond donors (Lipinski definition) is 7. The molecular weight excluding hydrogens is 755 g/mol. The van der Waals surface area contributed by atoms with Crippen LogP contribution in [0.2, 0.25) is 0 Å². The highest BCUT2D eigenvalue weighted by Crippen LogP contribution is 2.45. The second-order valence-electron chi connectivity index (χ2n) is 17.4. The topological polar surface area (TPSA) is 178 Å². The number of ketones is 2.